The van der Waals surface area contributed by atoms with Crippen LogP contribution in [0.2, 0.25) is 0 Å². The van der Waals surface area contributed by atoms with Crippen molar-refractivity contribution in [3.05, 3.63) is 91.9 Å². The number of hydrogen-bond acceptors (Lipinski definition) is 7. The van der Waals surface area contributed by atoms with E-state index in [0.29, 0.717) is 36.1 Å². The molecule has 4 heterocycles. The molecular formula is C27H29N3O6. The number of aromatic hydroxyl groups is 1. The Hall–Kier alpha value is -3.85. The fourth-order valence-corrected chi connectivity index (χ4v) is 5.61. The molecule has 1 saturated heterocycles. The number of likely N-dealkylation sites (tertiary alicyclic amines) is 1. The molecule has 0 spiro atoms. The van der Waals surface area contributed by atoms with Gasteiger partial charge in [0.1, 0.15) is 11.5 Å². The minimum atomic E-state index is -0.722. The summed E-state index contributed by atoms with van der Waals surface area (Å²) in [4.78, 5) is 39.1. The van der Waals surface area contributed by atoms with Crippen molar-refractivity contribution in [1.82, 2.24) is 9.47 Å². The Labute approximate surface area is 207 Å². The number of benzene rings is 1. The molecule has 1 amide bonds. The number of carbonyl (C=O) groups excluding carboxylic acids is 1. The summed E-state index contributed by atoms with van der Waals surface area (Å²) in [5.41, 5.74) is 6.67. The van der Waals surface area contributed by atoms with Crippen molar-refractivity contribution >= 4 is 5.91 Å². The molecule has 3 N–H and O–H groups in total. The van der Waals surface area contributed by atoms with Gasteiger partial charge in [0.15, 0.2) is 5.76 Å². The molecule has 0 unspecified atom stereocenters. The number of hydrogen-bond donors (Lipinski definition) is 2. The highest BCUT2D eigenvalue weighted by molar-refractivity contribution is 5.75. The average molecular weight is 492 g/mol. The summed E-state index contributed by atoms with van der Waals surface area (Å²) in [6.45, 7) is 2.53. The number of nitrogens with zero attached hydrogens (tertiary/aromatic N) is 2. The van der Waals surface area contributed by atoms with Crippen LogP contribution in [-0.2, 0) is 17.9 Å². The van der Waals surface area contributed by atoms with Gasteiger partial charge in [-0.25, -0.2) is 0 Å². The van der Waals surface area contributed by atoms with Crippen molar-refractivity contribution in [3.63, 3.8) is 0 Å². The van der Waals surface area contributed by atoms with E-state index in [4.69, 9.17) is 14.9 Å². The second-order valence-corrected chi connectivity index (χ2v) is 9.68. The van der Waals surface area contributed by atoms with Gasteiger partial charge in [-0.1, -0.05) is 18.2 Å². The molecule has 3 atom stereocenters. The van der Waals surface area contributed by atoms with Gasteiger partial charge in [0.25, 0.3) is 5.56 Å². The molecule has 2 aliphatic rings. The smallest absolute Gasteiger partial charge is 0.250 e. The van der Waals surface area contributed by atoms with Crippen LogP contribution < -0.4 is 21.5 Å². The van der Waals surface area contributed by atoms with Gasteiger partial charge in [-0.3, -0.25) is 19.3 Å². The van der Waals surface area contributed by atoms with Gasteiger partial charge in [0, 0.05) is 49.8 Å². The number of pyridine rings is 1. The Balaban J connectivity index is 1.44. The van der Waals surface area contributed by atoms with Crippen molar-refractivity contribution in [3.8, 4) is 11.5 Å². The summed E-state index contributed by atoms with van der Waals surface area (Å²) < 4.78 is 13.2. The van der Waals surface area contributed by atoms with Crippen LogP contribution in [0.15, 0.2) is 62.5 Å². The van der Waals surface area contributed by atoms with Crippen LogP contribution in [0.4, 0.5) is 0 Å². The van der Waals surface area contributed by atoms with Crippen LogP contribution in [0.1, 0.15) is 47.5 Å². The number of nitrogens with two attached hydrogens (primary N) is 1. The van der Waals surface area contributed by atoms with Crippen LogP contribution in [0.5, 0.6) is 11.5 Å². The third-order valence-corrected chi connectivity index (χ3v) is 7.17. The highest BCUT2D eigenvalue weighted by Gasteiger charge is 2.35. The fraction of sp³-hybridized carbons (Fsp3) is 0.370. The van der Waals surface area contributed by atoms with Crippen molar-refractivity contribution in [2.24, 2.45) is 11.7 Å². The van der Waals surface area contributed by atoms with Crippen molar-refractivity contribution in [2.75, 3.05) is 20.2 Å². The van der Waals surface area contributed by atoms with Crippen LogP contribution in [-0.4, -0.2) is 40.7 Å². The summed E-state index contributed by atoms with van der Waals surface area (Å²) in [6, 6.07) is 13.7. The van der Waals surface area contributed by atoms with Gasteiger partial charge >= 0.3 is 0 Å². The molecule has 188 valence electrons. The normalized spacial score (nSPS) is 19.9. The van der Waals surface area contributed by atoms with Crippen LogP contribution in [0, 0.1) is 5.92 Å². The van der Waals surface area contributed by atoms with E-state index in [2.05, 4.69) is 4.90 Å². The molecule has 3 aromatic rings. The predicted octanol–water partition coefficient (Wildman–Crippen LogP) is 2.14. The largest absolute Gasteiger partial charge is 0.502 e. The number of ether oxygens (including phenoxy) is 1. The highest BCUT2D eigenvalue weighted by Crippen LogP contribution is 2.37. The van der Waals surface area contributed by atoms with Crippen molar-refractivity contribution < 1.29 is 19.1 Å². The van der Waals surface area contributed by atoms with E-state index in [-0.39, 0.29) is 23.7 Å². The maximum atomic E-state index is 12.7. The number of methoxy groups -OCH3 is 1. The van der Waals surface area contributed by atoms with E-state index in [1.165, 1.54) is 6.07 Å². The molecule has 5 rings (SSSR count). The minimum absolute atomic E-state index is 0.0237. The van der Waals surface area contributed by atoms with Crippen molar-refractivity contribution in [1.29, 1.82) is 0 Å². The van der Waals surface area contributed by atoms with E-state index in [1.807, 2.05) is 10.6 Å². The lowest BCUT2D eigenvalue weighted by atomic mass is 9.83. The average Bonchev–Trinajstić information content (AvgIpc) is 2.85. The first kappa shape index (κ1) is 23.9. The summed E-state index contributed by atoms with van der Waals surface area (Å²) in [5, 5.41) is 10.6. The highest BCUT2D eigenvalue weighted by atomic mass is 16.5. The Morgan fingerprint density at radius 2 is 1.94 bits per heavy atom. The molecular weight excluding hydrogens is 462 g/mol. The zero-order valence-electron chi connectivity index (χ0n) is 20.1. The van der Waals surface area contributed by atoms with Gasteiger partial charge in [0.05, 0.1) is 19.6 Å². The third kappa shape index (κ3) is 4.66. The fourth-order valence-electron chi connectivity index (χ4n) is 5.61. The molecule has 2 aromatic heterocycles. The SMILES string of the molecule is COc1ccc([C@H](CC(N)=O)c2oc(CN3C[C@@H]4C[C@H](C3)c3cccc(=O)n3C4)cc(=O)c2O)cc1. The third-order valence-electron chi connectivity index (χ3n) is 7.17. The minimum Gasteiger partial charge on any atom is -0.502 e. The Kier molecular flexibility index (Phi) is 6.40. The molecule has 9 heteroatoms. The van der Waals surface area contributed by atoms with Gasteiger partial charge in [-0.05, 0) is 36.1 Å². The number of carbonyl (C=O) groups is 1. The second-order valence-electron chi connectivity index (χ2n) is 9.68. The van der Waals surface area contributed by atoms with Crippen LogP contribution >= 0.6 is 0 Å². The zero-order chi connectivity index (χ0) is 25.4. The number of amides is 1. The first-order valence-corrected chi connectivity index (χ1v) is 12.0. The zero-order valence-corrected chi connectivity index (χ0v) is 20.1. The molecule has 0 aliphatic carbocycles. The first-order valence-electron chi connectivity index (χ1n) is 12.0. The van der Waals surface area contributed by atoms with Gasteiger partial charge in [0.2, 0.25) is 17.1 Å². The molecule has 36 heavy (non-hydrogen) atoms. The number of primary amides is 1. The number of fused-ring (bicyclic) bond motifs is 4. The lowest BCUT2D eigenvalue weighted by Gasteiger charge is -2.42. The van der Waals surface area contributed by atoms with Crippen LogP contribution in [0.25, 0.3) is 0 Å². The van der Waals surface area contributed by atoms with Gasteiger partial charge in [-0.2, -0.15) is 0 Å². The lowest BCUT2D eigenvalue weighted by molar-refractivity contribution is -0.118. The quantitative estimate of drug-likeness (QED) is 0.518. The van der Waals surface area contributed by atoms with E-state index >= 15 is 0 Å². The molecule has 0 saturated carbocycles. The summed E-state index contributed by atoms with van der Waals surface area (Å²) >= 11 is 0. The first-order chi connectivity index (χ1) is 17.3. The van der Waals surface area contributed by atoms with Crippen LogP contribution in [0.3, 0.4) is 0 Å². The summed E-state index contributed by atoms with van der Waals surface area (Å²) in [7, 11) is 1.55. The summed E-state index contributed by atoms with van der Waals surface area (Å²) in [5.74, 6) is -0.225. The topological polar surface area (TPSA) is 128 Å². The Morgan fingerprint density at radius 1 is 1.17 bits per heavy atom. The molecule has 1 aromatic carbocycles. The number of rotatable bonds is 7. The Morgan fingerprint density at radius 3 is 2.67 bits per heavy atom. The standard InChI is InChI=1S/C27H29N3O6/c1-35-19-7-5-17(6-8-19)21(11-24(28)32)27-26(34)23(31)10-20(36-27)15-29-12-16-9-18(14-29)22-3-2-4-25(33)30(22)13-16/h2-8,10,16,18,21,34H,9,11-15H2,1H3,(H2,28,32)/t16-,18+,21-/m0/s1. The molecule has 2 bridgehead atoms. The van der Waals surface area contributed by atoms with E-state index < -0.39 is 23.0 Å². The predicted molar refractivity (Wildman–Crippen MR) is 132 cm³/mol. The number of aromatic nitrogens is 1. The van der Waals surface area contributed by atoms with Gasteiger partial charge < -0.3 is 24.6 Å². The summed E-state index contributed by atoms with van der Waals surface area (Å²) in [6.07, 6.45) is 0.883. The molecule has 1 fully saturated rings. The second kappa shape index (κ2) is 9.66. The Bertz CT molecular complexity index is 1390. The maximum absolute atomic E-state index is 12.7. The van der Waals surface area contributed by atoms with E-state index in [1.54, 1.807) is 43.5 Å². The monoisotopic (exact) mass is 491 g/mol. The number of piperidine rings is 1. The molecule has 2 aliphatic heterocycles. The lowest BCUT2D eigenvalue weighted by Crippen LogP contribution is -2.46. The van der Waals surface area contributed by atoms with Crippen molar-refractivity contribution in [2.45, 2.75) is 37.8 Å². The molecule has 0 radical (unpaired) electrons. The van der Waals surface area contributed by atoms with Gasteiger partial charge in [-0.15, -0.1) is 0 Å². The molecule has 9 nitrogen and oxygen atoms in total. The maximum Gasteiger partial charge on any atom is 0.250 e. The van der Waals surface area contributed by atoms with E-state index in [0.717, 1.165) is 25.2 Å². The van der Waals surface area contributed by atoms with E-state index in [9.17, 15) is 19.5 Å².